The minimum Gasteiger partial charge on any atom is -0.331 e. The summed E-state index contributed by atoms with van der Waals surface area (Å²) in [5.74, 6) is 0. The van der Waals surface area contributed by atoms with Crippen molar-refractivity contribution in [3.8, 4) is 0 Å². The van der Waals surface area contributed by atoms with E-state index in [1.807, 2.05) is 0 Å². The van der Waals surface area contributed by atoms with Gasteiger partial charge in [-0.1, -0.05) is 0 Å². The van der Waals surface area contributed by atoms with Crippen molar-refractivity contribution in [3.05, 3.63) is 0 Å². The van der Waals surface area contributed by atoms with Crippen LogP contribution in [0.4, 0.5) is 14.4 Å². The number of amides is 6. The molecule has 4 N–H and O–H groups in total. The number of nitrogens with zero attached hydrogens (tertiary/aromatic N) is 2. The Balaban J connectivity index is 2.62. The summed E-state index contributed by atoms with van der Waals surface area (Å²) in [7, 11) is 6.31. The second-order valence-electron chi connectivity index (χ2n) is 4.26. The van der Waals surface area contributed by atoms with Gasteiger partial charge in [-0.2, -0.15) is 0 Å². The molecule has 1 saturated heterocycles. The SMILES string of the molecule is CN(C)C(=O)N[C@H]1NC(=O)N[C@H]1NC(=O)N(C)C. The quantitative estimate of drug-likeness (QED) is 0.484. The summed E-state index contributed by atoms with van der Waals surface area (Å²) < 4.78 is 0. The number of hydrogen-bond donors (Lipinski definition) is 4. The van der Waals surface area contributed by atoms with Gasteiger partial charge in [0, 0.05) is 28.2 Å². The molecule has 0 saturated carbocycles. The molecule has 18 heavy (non-hydrogen) atoms. The molecule has 0 aromatic heterocycles. The second kappa shape index (κ2) is 5.43. The Morgan fingerprint density at radius 3 is 1.56 bits per heavy atom. The molecular formula is C9H18N6O3. The van der Waals surface area contributed by atoms with Crippen LogP contribution >= 0.6 is 0 Å². The zero-order chi connectivity index (χ0) is 13.9. The molecule has 1 aliphatic rings. The van der Waals surface area contributed by atoms with Crippen LogP contribution in [0.25, 0.3) is 0 Å². The van der Waals surface area contributed by atoms with Gasteiger partial charge in [0.1, 0.15) is 12.3 Å². The topological polar surface area (TPSA) is 106 Å². The highest BCUT2D eigenvalue weighted by Gasteiger charge is 2.34. The van der Waals surface area contributed by atoms with Crippen LogP contribution in [0.15, 0.2) is 0 Å². The van der Waals surface area contributed by atoms with E-state index in [1.165, 1.54) is 9.80 Å². The second-order valence-corrected chi connectivity index (χ2v) is 4.26. The summed E-state index contributed by atoms with van der Waals surface area (Å²) in [6.45, 7) is 0. The number of urea groups is 3. The van der Waals surface area contributed by atoms with Crippen molar-refractivity contribution in [2.75, 3.05) is 28.2 Å². The van der Waals surface area contributed by atoms with E-state index < -0.39 is 18.4 Å². The molecule has 0 aromatic rings. The third-order valence-corrected chi connectivity index (χ3v) is 2.28. The lowest BCUT2D eigenvalue weighted by Gasteiger charge is -2.24. The predicted octanol–water partition coefficient (Wildman–Crippen LogP) is -1.51. The molecule has 9 nitrogen and oxygen atoms in total. The fourth-order valence-corrected chi connectivity index (χ4v) is 1.25. The van der Waals surface area contributed by atoms with Gasteiger partial charge in [0.05, 0.1) is 0 Å². The fourth-order valence-electron chi connectivity index (χ4n) is 1.25. The Morgan fingerprint density at radius 2 is 1.28 bits per heavy atom. The highest BCUT2D eigenvalue weighted by molar-refractivity contribution is 5.82. The van der Waals surface area contributed by atoms with Gasteiger partial charge in [-0.05, 0) is 0 Å². The smallest absolute Gasteiger partial charge is 0.318 e. The first-order chi connectivity index (χ1) is 8.31. The summed E-state index contributed by atoms with van der Waals surface area (Å²) in [6.07, 6.45) is -1.40. The van der Waals surface area contributed by atoms with Crippen molar-refractivity contribution in [2.24, 2.45) is 0 Å². The summed E-state index contributed by atoms with van der Waals surface area (Å²) in [5, 5.41) is 10.1. The monoisotopic (exact) mass is 258 g/mol. The van der Waals surface area contributed by atoms with Gasteiger partial charge >= 0.3 is 18.1 Å². The van der Waals surface area contributed by atoms with E-state index in [9.17, 15) is 14.4 Å². The molecule has 0 radical (unpaired) electrons. The van der Waals surface area contributed by atoms with Crippen molar-refractivity contribution >= 4 is 18.1 Å². The van der Waals surface area contributed by atoms with Crippen molar-refractivity contribution in [3.63, 3.8) is 0 Å². The molecule has 1 heterocycles. The van der Waals surface area contributed by atoms with Gasteiger partial charge in [0.2, 0.25) is 0 Å². The molecule has 0 spiro atoms. The van der Waals surface area contributed by atoms with Gasteiger partial charge in [-0.3, -0.25) is 0 Å². The molecule has 0 unspecified atom stereocenters. The fraction of sp³-hybridized carbons (Fsp3) is 0.667. The third-order valence-electron chi connectivity index (χ3n) is 2.28. The molecule has 0 aliphatic carbocycles. The van der Waals surface area contributed by atoms with Crippen molar-refractivity contribution in [2.45, 2.75) is 12.3 Å². The highest BCUT2D eigenvalue weighted by atomic mass is 16.2. The van der Waals surface area contributed by atoms with Crippen LogP contribution in [0.3, 0.4) is 0 Å². The van der Waals surface area contributed by atoms with Crippen LogP contribution in [0.5, 0.6) is 0 Å². The molecule has 9 heteroatoms. The molecule has 0 bridgehead atoms. The average molecular weight is 258 g/mol. The zero-order valence-corrected chi connectivity index (χ0v) is 10.8. The Bertz CT molecular complexity index is 324. The van der Waals surface area contributed by atoms with Crippen LogP contribution in [-0.4, -0.2) is 68.4 Å². The minimum absolute atomic E-state index is 0.367. The van der Waals surface area contributed by atoms with Crippen LogP contribution in [0.2, 0.25) is 0 Å². The van der Waals surface area contributed by atoms with Crippen LogP contribution in [-0.2, 0) is 0 Å². The minimum atomic E-state index is -0.698. The van der Waals surface area contributed by atoms with E-state index in [4.69, 9.17) is 0 Å². The van der Waals surface area contributed by atoms with Gasteiger partial charge < -0.3 is 31.1 Å². The lowest BCUT2D eigenvalue weighted by atomic mass is 10.4. The van der Waals surface area contributed by atoms with Crippen LogP contribution in [0, 0.1) is 0 Å². The summed E-state index contributed by atoms with van der Waals surface area (Å²) in [5.41, 5.74) is 0. The van der Waals surface area contributed by atoms with Gasteiger partial charge in [-0.15, -0.1) is 0 Å². The largest absolute Gasteiger partial charge is 0.331 e. The maximum atomic E-state index is 11.5. The van der Waals surface area contributed by atoms with E-state index in [-0.39, 0.29) is 12.1 Å². The number of hydrogen-bond acceptors (Lipinski definition) is 3. The lowest BCUT2D eigenvalue weighted by Crippen LogP contribution is -2.58. The van der Waals surface area contributed by atoms with Crippen molar-refractivity contribution in [1.29, 1.82) is 0 Å². The Kier molecular flexibility index (Phi) is 4.18. The Morgan fingerprint density at radius 1 is 0.944 bits per heavy atom. The number of nitrogens with one attached hydrogen (secondary N) is 4. The normalized spacial score (nSPS) is 21.7. The first-order valence-electron chi connectivity index (χ1n) is 5.34. The van der Waals surface area contributed by atoms with Gasteiger partial charge in [0.25, 0.3) is 0 Å². The van der Waals surface area contributed by atoms with Crippen molar-refractivity contribution in [1.82, 2.24) is 31.1 Å². The molecule has 6 amide bonds. The molecule has 102 valence electrons. The standard InChI is InChI=1S/C9H18N6O3/c1-14(2)8(17)12-5-6(11-7(16)10-5)13-9(18)15(3)4/h5-6H,1-4H3,(H,12,17)(H,13,18)(H2,10,11,16)/t5-,6+. The molecule has 2 atom stereocenters. The highest BCUT2D eigenvalue weighted by Crippen LogP contribution is 1.97. The summed E-state index contributed by atoms with van der Waals surface area (Å²) in [4.78, 5) is 36.8. The van der Waals surface area contributed by atoms with E-state index in [0.717, 1.165) is 0 Å². The van der Waals surface area contributed by atoms with Crippen LogP contribution in [0.1, 0.15) is 0 Å². The molecular weight excluding hydrogens is 240 g/mol. The Labute approximate surface area is 105 Å². The number of rotatable bonds is 2. The van der Waals surface area contributed by atoms with Crippen molar-refractivity contribution < 1.29 is 14.4 Å². The van der Waals surface area contributed by atoms with E-state index in [0.29, 0.717) is 0 Å². The first-order valence-corrected chi connectivity index (χ1v) is 5.34. The maximum Gasteiger partial charge on any atom is 0.318 e. The van der Waals surface area contributed by atoms with Crippen LogP contribution < -0.4 is 21.3 Å². The zero-order valence-electron chi connectivity index (χ0n) is 10.8. The van der Waals surface area contributed by atoms with Gasteiger partial charge in [0.15, 0.2) is 0 Å². The lowest BCUT2D eigenvalue weighted by molar-refractivity contribution is 0.199. The molecule has 1 fully saturated rings. The summed E-state index contributed by atoms with van der Waals surface area (Å²) in [6, 6.07) is -1.19. The average Bonchev–Trinajstić information content (AvgIpc) is 2.58. The first kappa shape index (κ1) is 13.9. The molecule has 1 aliphatic heterocycles. The predicted molar refractivity (Wildman–Crippen MR) is 63.7 cm³/mol. The van der Waals surface area contributed by atoms with E-state index in [1.54, 1.807) is 28.2 Å². The molecule has 0 aromatic carbocycles. The van der Waals surface area contributed by atoms with E-state index >= 15 is 0 Å². The number of carbonyl (C=O) groups is 3. The van der Waals surface area contributed by atoms with Gasteiger partial charge in [-0.25, -0.2) is 14.4 Å². The maximum absolute atomic E-state index is 11.5. The van der Waals surface area contributed by atoms with E-state index in [2.05, 4.69) is 21.3 Å². The molecule has 1 rings (SSSR count). The summed E-state index contributed by atoms with van der Waals surface area (Å²) >= 11 is 0. The third kappa shape index (κ3) is 3.40. The Hall–Kier alpha value is -2.19. The number of carbonyl (C=O) groups excluding carboxylic acids is 3.